The Labute approximate surface area is 171 Å². The SMILES string of the molecule is C/C=C/c1ccc(OCC(O)Cn2nnc(-c3ccc(Br)cc3)n2)c(OC)c1. The maximum atomic E-state index is 10.3. The number of benzene rings is 2. The van der Waals surface area contributed by atoms with Gasteiger partial charge in [0.15, 0.2) is 11.5 Å². The first-order valence-corrected chi connectivity index (χ1v) is 9.53. The number of aliphatic hydroxyl groups is 1. The number of tetrazole rings is 1. The lowest BCUT2D eigenvalue weighted by atomic mass is 10.2. The first-order chi connectivity index (χ1) is 13.6. The van der Waals surface area contributed by atoms with Crippen molar-refractivity contribution in [2.45, 2.75) is 19.6 Å². The van der Waals surface area contributed by atoms with E-state index in [0.717, 1.165) is 15.6 Å². The maximum absolute atomic E-state index is 10.3. The standard InChI is InChI=1S/C20H21BrN4O3/c1-3-4-14-5-10-18(19(11-14)27-2)28-13-17(26)12-25-23-20(22-24-25)15-6-8-16(21)9-7-15/h3-11,17,26H,12-13H2,1-2H3/b4-3+. The van der Waals surface area contributed by atoms with Crippen LogP contribution in [0.15, 0.2) is 53.0 Å². The lowest BCUT2D eigenvalue weighted by Gasteiger charge is -2.14. The molecule has 1 unspecified atom stereocenters. The lowest BCUT2D eigenvalue weighted by molar-refractivity contribution is 0.0836. The van der Waals surface area contributed by atoms with E-state index < -0.39 is 6.10 Å². The molecule has 1 N–H and O–H groups in total. The van der Waals surface area contributed by atoms with Gasteiger partial charge in [0.1, 0.15) is 12.7 Å². The van der Waals surface area contributed by atoms with E-state index in [1.165, 1.54) is 4.80 Å². The lowest BCUT2D eigenvalue weighted by Crippen LogP contribution is -2.25. The van der Waals surface area contributed by atoms with Crippen molar-refractivity contribution in [2.75, 3.05) is 13.7 Å². The summed E-state index contributed by atoms with van der Waals surface area (Å²) in [4.78, 5) is 1.36. The number of nitrogens with zero attached hydrogens (tertiary/aromatic N) is 4. The van der Waals surface area contributed by atoms with Crippen molar-refractivity contribution < 1.29 is 14.6 Å². The smallest absolute Gasteiger partial charge is 0.204 e. The predicted molar refractivity (Wildman–Crippen MR) is 110 cm³/mol. The van der Waals surface area contributed by atoms with E-state index in [2.05, 4.69) is 31.3 Å². The Kier molecular flexibility index (Phi) is 6.78. The quantitative estimate of drug-likeness (QED) is 0.571. The summed E-state index contributed by atoms with van der Waals surface area (Å²) < 4.78 is 12.0. The number of aliphatic hydroxyl groups excluding tert-OH is 1. The van der Waals surface area contributed by atoms with Crippen LogP contribution >= 0.6 is 15.9 Å². The van der Waals surface area contributed by atoms with Gasteiger partial charge in [-0.2, -0.15) is 4.80 Å². The molecule has 0 aliphatic rings. The summed E-state index contributed by atoms with van der Waals surface area (Å²) in [5.74, 6) is 1.68. The Hall–Kier alpha value is -2.71. The van der Waals surface area contributed by atoms with Crippen LogP contribution < -0.4 is 9.47 Å². The second-order valence-electron chi connectivity index (χ2n) is 6.05. The van der Waals surface area contributed by atoms with Gasteiger partial charge in [0.25, 0.3) is 0 Å². The Morgan fingerprint density at radius 3 is 2.68 bits per heavy atom. The second kappa shape index (κ2) is 9.48. The topological polar surface area (TPSA) is 82.3 Å². The third-order valence-corrected chi connectivity index (χ3v) is 4.44. The van der Waals surface area contributed by atoms with E-state index in [1.807, 2.05) is 61.5 Å². The molecule has 0 spiro atoms. The van der Waals surface area contributed by atoms with E-state index in [1.54, 1.807) is 7.11 Å². The number of halogens is 1. The molecule has 3 rings (SSSR count). The van der Waals surface area contributed by atoms with Crippen molar-refractivity contribution >= 4 is 22.0 Å². The molecule has 0 aliphatic carbocycles. The summed E-state index contributed by atoms with van der Waals surface area (Å²) >= 11 is 3.39. The average molecular weight is 445 g/mol. The van der Waals surface area contributed by atoms with Crippen molar-refractivity contribution in [3.8, 4) is 22.9 Å². The first kappa shape index (κ1) is 20.0. The summed E-state index contributed by atoms with van der Waals surface area (Å²) in [6.45, 7) is 2.20. The molecule has 8 heteroatoms. The number of allylic oxidation sites excluding steroid dienone is 1. The van der Waals surface area contributed by atoms with E-state index in [9.17, 15) is 5.11 Å². The molecule has 0 saturated heterocycles. The zero-order valence-corrected chi connectivity index (χ0v) is 17.2. The van der Waals surface area contributed by atoms with Crippen LogP contribution in [-0.2, 0) is 6.54 Å². The average Bonchev–Trinajstić information content (AvgIpc) is 3.16. The van der Waals surface area contributed by atoms with Gasteiger partial charge in [0.05, 0.1) is 13.7 Å². The maximum Gasteiger partial charge on any atom is 0.204 e. The summed E-state index contributed by atoms with van der Waals surface area (Å²) in [6.07, 6.45) is 3.12. The molecule has 0 bridgehead atoms. The molecule has 1 aromatic heterocycles. The van der Waals surface area contributed by atoms with E-state index in [-0.39, 0.29) is 13.2 Å². The number of ether oxygens (including phenoxy) is 2. The van der Waals surface area contributed by atoms with Gasteiger partial charge in [-0.25, -0.2) is 0 Å². The van der Waals surface area contributed by atoms with E-state index in [0.29, 0.717) is 17.3 Å². The molecule has 146 valence electrons. The number of hydrogen-bond acceptors (Lipinski definition) is 6. The summed E-state index contributed by atoms with van der Waals surface area (Å²) in [5, 5.41) is 22.6. The molecule has 1 atom stereocenters. The van der Waals surface area contributed by atoms with E-state index in [4.69, 9.17) is 9.47 Å². The van der Waals surface area contributed by atoms with Crippen LogP contribution in [-0.4, -0.2) is 45.1 Å². The fraction of sp³-hybridized carbons (Fsp3) is 0.250. The van der Waals surface area contributed by atoms with Gasteiger partial charge in [0, 0.05) is 10.0 Å². The van der Waals surface area contributed by atoms with Crippen molar-refractivity contribution in [2.24, 2.45) is 0 Å². The Bertz CT molecular complexity index is 941. The van der Waals surface area contributed by atoms with E-state index >= 15 is 0 Å². The minimum atomic E-state index is -0.799. The van der Waals surface area contributed by atoms with Gasteiger partial charge in [-0.05, 0) is 54.1 Å². The fourth-order valence-electron chi connectivity index (χ4n) is 2.56. The van der Waals surface area contributed by atoms with Gasteiger partial charge in [-0.3, -0.25) is 0 Å². The van der Waals surface area contributed by atoms with Crippen molar-refractivity contribution in [1.29, 1.82) is 0 Å². The fourth-order valence-corrected chi connectivity index (χ4v) is 2.83. The summed E-state index contributed by atoms with van der Waals surface area (Å²) in [6, 6.07) is 13.2. The molecule has 0 aliphatic heterocycles. The molecular weight excluding hydrogens is 424 g/mol. The minimum Gasteiger partial charge on any atom is -0.493 e. The van der Waals surface area contributed by atoms with Crippen molar-refractivity contribution in [3.63, 3.8) is 0 Å². The monoisotopic (exact) mass is 444 g/mol. The molecule has 7 nitrogen and oxygen atoms in total. The van der Waals surface area contributed by atoms with Crippen LogP contribution in [0.3, 0.4) is 0 Å². The third kappa shape index (κ3) is 5.17. The highest BCUT2D eigenvalue weighted by Gasteiger charge is 2.13. The van der Waals surface area contributed by atoms with Crippen LogP contribution in [0.2, 0.25) is 0 Å². The van der Waals surface area contributed by atoms with Crippen molar-refractivity contribution in [1.82, 2.24) is 20.2 Å². The summed E-state index contributed by atoms with van der Waals surface area (Å²) in [7, 11) is 1.58. The Morgan fingerprint density at radius 1 is 1.18 bits per heavy atom. The van der Waals surface area contributed by atoms with Crippen LogP contribution in [0.25, 0.3) is 17.5 Å². The molecular formula is C20H21BrN4O3. The van der Waals surface area contributed by atoms with Gasteiger partial charge in [0.2, 0.25) is 5.82 Å². The van der Waals surface area contributed by atoms with Gasteiger partial charge >= 0.3 is 0 Å². The van der Waals surface area contributed by atoms with Crippen LogP contribution in [0, 0.1) is 0 Å². The number of rotatable bonds is 8. The largest absolute Gasteiger partial charge is 0.493 e. The molecule has 0 amide bonds. The highest BCUT2D eigenvalue weighted by atomic mass is 79.9. The van der Waals surface area contributed by atoms with Crippen LogP contribution in [0.5, 0.6) is 11.5 Å². The molecule has 3 aromatic rings. The Balaban J connectivity index is 1.59. The zero-order valence-electron chi connectivity index (χ0n) is 15.6. The van der Waals surface area contributed by atoms with Gasteiger partial charge in [-0.1, -0.05) is 34.1 Å². The zero-order chi connectivity index (χ0) is 19.9. The molecule has 0 fully saturated rings. The van der Waals surface area contributed by atoms with Crippen molar-refractivity contribution in [3.05, 3.63) is 58.6 Å². The first-order valence-electron chi connectivity index (χ1n) is 8.74. The highest BCUT2D eigenvalue weighted by molar-refractivity contribution is 9.10. The number of aromatic nitrogens is 4. The molecule has 1 heterocycles. The third-order valence-electron chi connectivity index (χ3n) is 3.91. The molecule has 0 saturated carbocycles. The number of methoxy groups -OCH3 is 1. The van der Waals surface area contributed by atoms with Crippen LogP contribution in [0.4, 0.5) is 0 Å². The molecule has 0 radical (unpaired) electrons. The van der Waals surface area contributed by atoms with Crippen LogP contribution in [0.1, 0.15) is 12.5 Å². The molecule has 28 heavy (non-hydrogen) atoms. The highest BCUT2D eigenvalue weighted by Crippen LogP contribution is 2.28. The predicted octanol–water partition coefficient (Wildman–Crippen LogP) is 3.58. The second-order valence-corrected chi connectivity index (χ2v) is 6.97. The minimum absolute atomic E-state index is 0.0779. The summed E-state index contributed by atoms with van der Waals surface area (Å²) in [5.41, 5.74) is 1.87. The van der Waals surface area contributed by atoms with Gasteiger partial charge in [-0.15, -0.1) is 10.2 Å². The normalized spacial score (nSPS) is 12.3. The van der Waals surface area contributed by atoms with Gasteiger partial charge < -0.3 is 14.6 Å². The number of hydrogen-bond donors (Lipinski definition) is 1. The molecule has 2 aromatic carbocycles. The Morgan fingerprint density at radius 2 is 1.96 bits per heavy atom.